The maximum absolute atomic E-state index is 12.5. The van der Waals surface area contributed by atoms with Gasteiger partial charge < -0.3 is 10.0 Å². The highest BCUT2D eigenvalue weighted by molar-refractivity contribution is 7.12. The minimum Gasteiger partial charge on any atom is -0.480 e. The summed E-state index contributed by atoms with van der Waals surface area (Å²) >= 11 is 1.75. The predicted molar refractivity (Wildman–Crippen MR) is 76.9 cm³/mol. The molecule has 0 bridgehead atoms. The van der Waals surface area contributed by atoms with Gasteiger partial charge in [0, 0.05) is 28.1 Å². The Morgan fingerprint density at radius 3 is 2.80 bits per heavy atom. The lowest BCUT2D eigenvalue weighted by Crippen LogP contribution is -2.48. The maximum Gasteiger partial charge on any atom is 0.326 e. The molecule has 4 nitrogen and oxygen atoms in total. The number of carboxylic acid groups (broad SMARTS) is 1. The second kappa shape index (κ2) is 5.20. The van der Waals surface area contributed by atoms with Crippen molar-refractivity contribution in [2.24, 2.45) is 5.92 Å². The van der Waals surface area contributed by atoms with Gasteiger partial charge in [-0.1, -0.05) is 0 Å². The van der Waals surface area contributed by atoms with Gasteiger partial charge in [0.05, 0.1) is 0 Å². The van der Waals surface area contributed by atoms with Crippen molar-refractivity contribution in [3.63, 3.8) is 0 Å². The number of thiophene rings is 1. The third kappa shape index (κ3) is 2.46. The highest BCUT2D eigenvalue weighted by Crippen LogP contribution is 2.51. The van der Waals surface area contributed by atoms with Crippen LogP contribution in [0.5, 0.6) is 0 Å². The molecule has 0 unspecified atom stereocenters. The van der Waals surface area contributed by atoms with E-state index in [0.29, 0.717) is 18.9 Å². The molecule has 1 saturated carbocycles. The molecule has 0 spiro atoms. The van der Waals surface area contributed by atoms with Crippen molar-refractivity contribution in [3.05, 3.63) is 21.9 Å². The zero-order valence-corrected chi connectivity index (χ0v) is 12.4. The van der Waals surface area contributed by atoms with E-state index >= 15 is 0 Å². The number of carbonyl (C=O) groups is 2. The Morgan fingerprint density at radius 2 is 2.15 bits per heavy atom. The zero-order chi connectivity index (χ0) is 14.3. The lowest BCUT2D eigenvalue weighted by Gasteiger charge is -2.33. The number of hydrogen-bond donors (Lipinski definition) is 1. The van der Waals surface area contributed by atoms with E-state index in [1.165, 1.54) is 9.75 Å². The van der Waals surface area contributed by atoms with Gasteiger partial charge in [0.25, 0.3) is 0 Å². The van der Waals surface area contributed by atoms with Crippen molar-refractivity contribution in [2.75, 3.05) is 6.54 Å². The number of hydrogen-bond acceptors (Lipinski definition) is 3. The SMILES string of the molecule is Cc1ccc([C@@H]2C[C@@H]2C(=O)N2CCCC[C@H]2C(=O)O)s1. The first-order chi connectivity index (χ1) is 9.58. The topological polar surface area (TPSA) is 57.6 Å². The quantitative estimate of drug-likeness (QED) is 0.932. The van der Waals surface area contributed by atoms with E-state index in [0.717, 1.165) is 19.3 Å². The number of likely N-dealkylation sites (tertiary alicyclic amines) is 1. The number of carboxylic acids is 1. The van der Waals surface area contributed by atoms with Gasteiger partial charge in [-0.2, -0.15) is 0 Å². The molecule has 1 aromatic heterocycles. The maximum atomic E-state index is 12.5. The minimum absolute atomic E-state index is 0.00741. The summed E-state index contributed by atoms with van der Waals surface area (Å²) in [5, 5.41) is 9.25. The van der Waals surface area contributed by atoms with Crippen LogP contribution < -0.4 is 0 Å². The van der Waals surface area contributed by atoms with E-state index in [1.807, 2.05) is 0 Å². The molecule has 1 aliphatic carbocycles. The van der Waals surface area contributed by atoms with E-state index in [-0.39, 0.29) is 11.8 Å². The van der Waals surface area contributed by atoms with Crippen LogP contribution >= 0.6 is 11.3 Å². The highest BCUT2D eigenvalue weighted by Gasteiger charge is 2.48. The Hall–Kier alpha value is -1.36. The molecule has 3 rings (SSSR count). The van der Waals surface area contributed by atoms with Gasteiger partial charge in [0.1, 0.15) is 6.04 Å². The molecule has 0 aromatic carbocycles. The van der Waals surface area contributed by atoms with Crippen molar-refractivity contribution in [1.82, 2.24) is 4.90 Å². The van der Waals surface area contributed by atoms with Crippen molar-refractivity contribution < 1.29 is 14.7 Å². The molecule has 1 saturated heterocycles. The van der Waals surface area contributed by atoms with Crippen molar-refractivity contribution in [2.45, 2.75) is 44.6 Å². The minimum atomic E-state index is -0.859. The van der Waals surface area contributed by atoms with Gasteiger partial charge in [-0.3, -0.25) is 4.79 Å². The van der Waals surface area contributed by atoms with Crippen molar-refractivity contribution in [1.29, 1.82) is 0 Å². The van der Waals surface area contributed by atoms with E-state index in [4.69, 9.17) is 0 Å². The van der Waals surface area contributed by atoms with Gasteiger partial charge in [-0.05, 0) is 44.7 Å². The summed E-state index contributed by atoms with van der Waals surface area (Å²) in [4.78, 5) is 27.9. The Balaban J connectivity index is 1.69. The Bertz CT molecular complexity index is 539. The monoisotopic (exact) mass is 293 g/mol. The third-order valence-corrected chi connectivity index (χ3v) is 5.44. The Morgan fingerprint density at radius 1 is 1.35 bits per heavy atom. The molecule has 2 fully saturated rings. The summed E-state index contributed by atoms with van der Waals surface area (Å²) in [6.45, 7) is 2.67. The molecule has 5 heteroatoms. The summed E-state index contributed by atoms with van der Waals surface area (Å²) in [6.07, 6.45) is 3.29. The van der Waals surface area contributed by atoms with Gasteiger partial charge >= 0.3 is 5.97 Å². The second-order valence-corrected chi connectivity index (χ2v) is 7.10. The summed E-state index contributed by atoms with van der Waals surface area (Å²) < 4.78 is 0. The van der Waals surface area contributed by atoms with Crippen LogP contribution in [0.3, 0.4) is 0 Å². The van der Waals surface area contributed by atoms with Gasteiger partial charge in [-0.15, -0.1) is 11.3 Å². The van der Waals surface area contributed by atoms with Crippen LogP contribution in [0, 0.1) is 12.8 Å². The summed E-state index contributed by atoms with van der Waals surface area (Å²) in [5.41, 5.74) is 0. The van der Waals surface area contributed by atoms with Crippen LogP contribution in [0.4, 0.5) is 0 Å². The van der Waals surface area contributed by atoms with Crippen LogP contribution in [0.25, 0.3) is 0 Å². The second-order valence-electron chi connectivity index (χ2n) is 5.78. The fraction of sp³-hybridized carbons (Fsp3) is 0.600. The molecule has 1 amide bonds. The van der Waals surface area contributed by atoms with Crippen LogP contribution in [0.2, 0.25) is 0 Å². The van der Waals surface area contributed by atoms with Gasteiger partial charge in [0.15, 0.2) is 0 Å². The lowest BCUT2D eigenvalue weighted by molar-refractivity contribution is -0.152. The smallest absolute Gasteiger partial charge is 0.326 e. The average Bonchev–Trinajstić information content (AvgIpc) is 3.13. The Labute approximate surface area is 122 Å². The molecule has 2 aliphatic rings. The van der Waals surface area contributed by atoms with E-state index in [1.54, 1.807) is 16.2 Å². The number of carbonyl (C=O) groups excluding carboxylic acids is 1. The molecule has 0 radical (unpaired) electrons. The van der Waals surface area contributed by atoms with E-state index in [2.05, 4.69) is 19.1 Å². The fourth-order valence-corrected chi connectivity index (χ4v) is 4.16. The van der Waals surface area contributed by atoms with Crippen LogP contribution in [-0.4, -0.2) is 34.5 Å². The van der Waals surface area contributed by atoms with Crippen LogP contribution in [0.1, 0.15) is 41.4 Å². The zero-order valence-electron chi connectivity index (χ0n) is 11.5. The first-order valence-electron chi connectivity index (χ1n) is 7.17. The number of rotatable bonds is 3. The Kier molecular flexibility index (Phi) is 3.54. The lowest BCUT2D eigenvalue weighted by atomic mass is 10.0. The fourth-order valence-electron chi connectivity index (χ4n) is 3.10. The molecular formula is C15H19NO3S. The molecule has 2 heterocycles. The highest BCUT2D eigenvalue weighted by atomic mass is 32.1. The number of aliphatic carboxylic acids is 1. The predicted octanol–water partition coefficient (Wildman–Crippen LogP) is 2.63. The third-order valence-electron chi connectivity index (χ3n) is 4.31. The molecule has 1 N–H and O–H groups in total. The van der Waals surface area contributed by atoms with Crippen molar-refractivity contribution >= 4 is 23.2 Å². The van der Waals surface area contributed by atoms with E-state index < -0.39 is 12.0 Å². The number of piperidine rings is 1. The molecule has 20 heavy (non-hydrogen) atoms. The van der Waals surface area contributed by atoms with Gasteiger partial charge in [-0.25, -0.2) is 4.79 Å². The largest absolute Gasteiger partial charge is 0.480 e. The number of amides is 1. The molecule has 1 aromatic rings. The number of aryl methyl sites for hydroxylation is 1. The molecule has 3 atom stereocenters. The van der Waals surface area contributed by atoms with Gasteiger partial charge in [0.2, 0.25) is 5.91 Å². The number of nitrogens with zero attached hydrogens (tertiary/aromatic N) is 1. The van der Waals surface area contributed by atoms with Crippen LogP contribution in [-0.2, 0) is 9.59 Å². The normalized spacial score (nSPS) is 29.2. The molecule has 1 aliphatic heterocycles. The molecular weight excluding hydrogens is 274 g/mol. The first kappa shape index (κ1) is 13.6. The standard InChI is InChI=1S/C15H19NO3S/c1-9-5-6-13(20-9)10-8-11(10)14(17)16-7-3-2-4-12(16)15(18)19/h5-6,10-12H,2-4,7-8H2,1H3,(H,18,19)/t10-,11+,12+/m1/s1. The molecule has 108 valence electrons. The average molecular weight is 293 g/mol. The summed E-state index contributed by atoms with van der Waals surface area (Å²) in [7, 11) is 0. The van der Waals surface area contributed by atoms with E-state index in [9.17, 15) is 14.7 Å². The van der Waals surface area contributed by atoms with Crippen LogP contribution in [0.15, 0.2) is 12.1 Å². The summed E-state index contributed by atoms with van der Waals surface area (Å²) in [6, 6.07) is 3.58. The summed E-state index contributed by atoms with van der Waals surface area (Å²) in [5.74, 6) is -0.485. The van der Waals surface area contributed by atoms with Crippen molar-refractivity contribution in [3.8, 4) is 0 Å². The first-order valence-corrected chi connectivity index (χ1v) is 7.99.